The molecule has 0 radical (unpaired) electrons. The van der Waals surface area contributed by atoms with E-state index in [1.54, 1.807) is 12.3 Å². The zero-order chi connectivity index (χ0) is 13.7. The number of ether oxygens (including phenoxy) is 1. The molecule has 0 spiro atoms. The normalized spacial score (nSPS) is 16.1. The summed E-state index contributed by atoms with van der Waals surface area (Å²) in [7, 11) is 0. The summed E-state index contributed by atoms with van der Waals surface area (Å²) in [5.74, 6) is -0.932. The van der Waals surface area contributed by atoms with Crippen LogP contribution in [0.4, 0.5) is 5.69 Å². The van der Waals surface area contributed by atoms with Crippen LogP contribution in [0.25, 0.3) is 0 Å². The predicted octanol–water partition coefficient (Wildman–Crippen LogP) is 1.02. The molecule has 1 fully saturated rings. The zero-order valence-corrected chi connectivity index (χ0v) is 10.5. The van der Waals surface area contributed by atoms with Gasteiger partial charge in [-0.25, -0.2) is 9.78 Å². The molecule has 2 rings (SSSR count). The number of hydrogen-bond donors (Lipinski definition) is 1. The molecule has 19 heavy (non-hydrogen) atoms. The zero-order valence-electron chi connectivity index (χ0n) is 10.5. The minimum atomic E-state index is -0.932. The summed E-state index contributed by atoms with van der Waals surface area (Å²) in [6.45, 7) is 1.37. The lowest BCUT2D eigenvalue weighted by Gasteiger charge is -2.33. The maximum atomic E-state index is 10.4. The molecule has 1 aliphatic rings. The Kier molecular flexibility index (Phi) is 4.31. The van der Waals surface area contributed by atoms with Crippen LogP contribution in [0.5, 0.6) is 0 Å². The molecule has 6 heteroatoms. The van der Waals surface area contributed by atoms with Gasteiger partial charge < -0.3 is 14.7 Å². The third-order valence-electron chi connectivity index (χ3n) is 3.11. The number of anilines is 1. The van der Waals surface area contributed by atoms with Crippen molar-refractivity contribution in [1.29, 1.82) is 5.26 Å². The van der Waals surface area contributed by atoms with E-state index in [2.05, 4.69) is 9.88 Å². The molecule has 0 aromatic carbocycles. The lowest BCUT2D eigenvalue weighted by atomic mass is 10.1. The van der Waals surface area contributed by atoms with Crippen molar-refractivity contribution in [2.24, 2.45) is 0 Å². The molecule has 1 aromatic rings. The molecule has 1 aliphatic heterocycles. The number of carboxylic acids is 1. The number of aromatic nitrogens is 1. The molecule has 1 aromatic heterocycles. The first-order valence-corrected chi connectivity index (χ1v) is 6.13. The van der Waals surface area contributed by atoms with Crippen LogP contribution < -0.4 is 4.90 Å². The molecule has 0 bridgehead atoms. The number of aliphatic carboxylic acids is 1. The quantitative estimate of drug-likeness (QED) is 0.870. The highest BCUT2D eigenvalue weighted by Gasteiger charge is 2.20. The second kappa shape index (κ2) is 6.16. The van der Waals surface area contributed by atoms with Crippen LogP contribution in [0.3, 0.4) is 0 Å². The van der Waals surface area contributed by atoms with Gasteiger partial charge in [-0.1, -0.05) is 0 Å². The standard InChI is InChI=1S/C13H15N3O3/c14-7-10-1-2-11(8-15-10)16-5-3-12(4-6-16)19-9-13(17)18/h1-2,8,12H,3-6,9H2,(H,17,18). The summed E-state index contributed by atoms with van der Waals surface area (Å²) in [5.41, 5.74) is 1.39. The van der Waals surface area contributed by atoms with Crippen LogP contribution >= 0.6 is 0 Å². The summed E-state index contributed by atoms with van der Waals surface area (Å²) in [6, 6.07) is 5.56. The Morgan fingerprint density at radius 3 is 2.79 bits per heavy atom. The van der Waals surface area contributed by atoms with Crippen molar-refractivity contribution in [3.05, 3.63) is 24.0 Å². The molecule has 0 atom stereocenters. The fourth-order valence-corrected chi connectivity index (χ4v) is 2.11. The second-order valence-corrected chi connectivity index (χ2v) is 4.40. The Balaban J connectivity index is 1.85. The Morgan fingerprint density at radius 1 is 1.53 bits per heavy atom. The number of hydrogen-bond acceptors (Lipinski definition) is 5. The SMILES string of the molecule is N#Cc1ccc(N2CCC(OCC(=O)O)CC2)cn1. The highest BCUT2D eigenvalue weighted by molar-refractivity contribution is 5.68. The summed E-state index contributed by atoms with van der Waals surface area (Å²) in [4.78, 5) is 16.6. The molecule has 0 unspecified atom stereocenters. The minimum Gasteiger partial charge on any atom is -0.480 e. The number of nitriles is 1. The van der Waals surface area contributed by atoms with Crippen molar-refractivity contribution >= 4 is 11.7 Å². The maximum absolute atomic E-state index is 10.4. The molecule has 100 valence electrons. The van der Waals surface area contributed by atoms with E-state index in [4.69, 9.17) is 15.1 Å². The van der Waals surface area contributed by atoms with E-state index in [1.807, 2.05) is 12.1 Å². The highest BCUT2D eigenvalue weighted by atomic mass is 16.5. The van der Waals surface area contributed by atoms with Gasteiger partial charge >= 0.3 is 5.97 Å². The number of carboxylic acid groups (broad SMARTS) is 1. The van der Waals surface area contributed by atoms with E-state index < -0.39 is 5.97 Å². The fourth-order valence-electron chi connectivity index (χ4n) is 2.11. The topological polar surface area (TPSA) is 86.5 Å². The molecular weight excluding hydrogens is 246 g/mol. The smallest absolute Gasteiger partial charge is 0.329 e. The molecule has 2 heterocycles. The van der Waals surface area contributed by atoms with Gasteiger partial charge in [0.2, 0.25) is 0 Å². The van der Waals surface area contributed by atoms with E-state index >= 15 is 0 Å². The van der Waals surface area contributed by atoms with Crippen LogP contribution in [0.1, 0.15) is 18.5 Å². The minimum absolute atomic E-state index is 0.0127. The molecular formula is C13H15N3O3. The van der Waals surface area contributed by atoms with Crippen molar-refractivity contribution in [1.82, 2.24) is 4.98 Å². The summed E-state index contributed by atoms with van der Waals surface area (Å²) >= 11 is 0. The Bertz CT molecular complexity index is 473. The predicted molar refractivity (Wildman–Crippen MR) is 67.8 cm³/mol. The van der Waals surface area contributed by atoms with Gasteiger partial charge in [0.1, 0.15) is 18.4 Å². The van der Waals surface area contributed by atoms with Crippen molar-refractivity contribution in [2.75, 3.05) is 24.6 Å². The number of pyridine rings is 1. The van der Waals surface area contributed by atoms with E-state index in [1.165, 1.54) is 0 Å². The average Bonchev–Trinajstić information content (AvgIpc) is 2.46. The van der Waals surface area contributed by atoms with Crippen LogP contribution in [0.2, 0.25) is 0 Å². The summed E-state index contributed by atoms with van der Waals surface area (Å²) < 4.78 is 5.28. The van der Waals surface area contributed by atoms with Crippen LogP contribution in [-0.4, -0.2) is 41.9 Å². The Morgan fingerprint density at radius 2 is 2.26 bits per heavy atom. The van der Waals surface area contributed by atoms with Crippen LogP contribution in [0.15, 0.2) is 18.3 Å². The van der Waals surface area contributed by atoms with E-state index in [9.17, 15) is 4.79 Å². The Hall–Kier alpha value is -2.13. The lowest BCUT2D eigenvalue weighted by Crippen LogP contribution is -2.37. The molecule has 6 nitrogen and oxygen atoms in total. The van der Waals surface area contributed by atoms with Gasteiger partial charge in [0.15, 0.2) is 0 Å². The second-order valence-electron chi connectivity index (χ2n) is 4.40. The molecule has 1 N–H and O–H groups in total. The number of rotatable bonds is 4. The average molecular weight is 261 g/mol. The highest BCUT2D eigenvalue weighted by Crippen LogP contribution is 2.20. The van der Waals surface area contributed by atoms with E-state index in [0.717, 1.165) is 31.6 Å². The molecule has 1 saturated heterocycles. The molecule has 0 aliphatic carbocycles. The number of piperidine rings is 1. The Labute approximate surface area is 111 Å². The number of carbonyl (C=O) groups is 1. The van der Waals surface area contributed by atoms with Gasteiger partial charge in [0, 0.05) is 13.1 Å². The first-order valence-electron chi connectivity index (χ1n) is 6.13. The van der Waals surface area contributed by atoms with Crippen molar-refractivity contribution < 1.29 is 14.6 Å². The summed E-state index contributed by atoms with van der Waals surface area (Å²) in [6.07, 6.45) is 3.30. The van der Waals surface area contributed by atoms with Crippen LogP contribution in [-0.2, 0) is 9.53 Å². The first kappa shape index (κ1) is 13.3. The van der Waals surface area contributed by atoms with Gasteiger partial charge in [0.25, 0.3) is 0 Å². The van der Waals surface area contributed by atoms with Crippen molar-refractivity contribution in [2.45, 2.75) is 18.9 Å². The molecule has 0 amide bonds. The van der Waals surface area contributed by atoms with Gasteiger partial charge in [-0.2, -0.15) is 5.26 Å². The lowest BCUT2D eigenvalue weighted by molar-refractivity contribution is -0.144. The largest absolute Gasteiger partial charge is 0.480 e. The van der Waals surface area contributed by atoms with Crippen molar-refractivity contribution in [3.8, 4) is 6.07 Å². The molecule has 0 saturated carbocycles. The van der Waals surface area contributed by atoms with E-state index in [-0.39, 0.29) is 12.7 Å². The van der Waals surface area contributed by atoms with Gasteiger partial charge in [-0.05, 0) is 25.0 Å². The first-order chi connectivity index (χ1) is 9.19. The van der Waals surface area contributed by atoms with Gasteiger partial charge in [0.05, 0.1) is 18.0 Å². The monoisotopic (exact) mass is 261 g/mol. The van der Waals surface area contributed by atoms with Gasteiger partial charge in [-0.3, -0.25) is 0 Å². The van der Waals surface area contributed by atoms with Gasteiger partial charge in [-0.15, -0.1) is 0 Å². The third-order valence-corrected chi connectivity index (χ3v) is 3.11. The van der Waals surface area contributed by atoms with E-state index in [0.29, 0.717) is 5.69 Å². The fraction of sp³-hybridized carbons (Fsp3) is 0.462. The van der Waals surface area contributed by atoms with Crippen LogP contribution in [0, 0.1) is 11.3 Å². The third kappa shape index (κ3) is 3.66. The summed E-state index contributed by atoms with van der Waals surface area (Å²) in [5, 5.41) is 17.2. The van der Waals surface area contributed by atoms with Crippen molar-refractivity contribution in [3.63, 3.8) is 0 Å². The maximum Gasteiger partial charge on any atom is 0.329 e. The number of nitrogens with zero attached hydrogens (tertiary/aromatic N) is 3.